The first-order valence-corrected chi connectivity index (χ1v) is 9.36. The van der Waals surface area contributed by atoms with Crippen molar-refractivity contribution < 1.29 is 34.1 Å². The zero-order valence-corrected chi connectivity index (χ0v) is 17.1. The molecule has 1 heterocycles. The number of likely N-dealkylation sites (tertiary alicyclic amines) is 1. The van der Waals surface area contributed by atoms with Gasteiger partial charge in [-0.3, -0.25) is 4.79 Å². The van der Waals surface area contributed by atoms with E-state index in [1.807, 2.05) is 0 Å². The number of methoxy groups -OCH3 is 2. The number of Topliss-reactive ketones (excluding diaryl/α,β-unsaturated/α-hetero) is 1. The van der Waals surface area contributed by atoms with Crippen molar-refractivity contribution in [3.8, 4) is 11.5 Å². The maximum absolute atomic E-state index is 12.6. The van der Waals surface area contributed by atoms with E-state index in [2.05, 4.69) is 24.9 Å². The van der Waals surface area contributed by atoms with Crippen LogP contribution in [-0.4, -0.2) is 67.2 Å². The molecule has 1 aliphatic carbocycles. The zero-order valence-electron chi connectivity index (χ0n) is 17.1. The summed E-state index contributed by atoms with van der Waals surface area (Å²) in [5, 5.41) is 15.6. The number of ketones is 1. The molecule has 158 valence electrons. The lowest BCUT2D eigenvalue weighted by molar-refractivity contribution is -0.134. The molecule has 1 aromatic rings. The van der Waals surface area contributed by atoms with Gasteiger partial charge in [-0.2, -0.15) is 0 Å². The lowest BCUT2D eigenvalue weighted by atomic mass is 9.75. The van der Waals surface area contributed by atoms with E-state index in [0.29, 0.717) is 30.4 Å². The van der Waals surface area contributed by atoms with E-state index in [-0.39, 0.29) is 5.78 Å². The summed E-state index contributed by atoms with van der Waals surface area (Å²) in [5.74, 6) is 0.116. The number of fused-ring (bicyclic) bond motifs is 3. The molecule has 8 nitrogen and oxygen atoms in total. The van der Waals surface area contributed by atoms with Gasteiger partial charge in [0.2, 0.25) is 0 Å². The Morgan fingerprint density at radius 2 is 1.79 bits per heavy atom. The van der Waals surface area contributed by atoms with Crippen LogP contribution < -0.4 is 9.47 Å². The topological polar surface area (TPSA) is 113 Å². The maximum Gasteiger partial charge on any atom is 0.328 e. The van der Waals surface area contributed by atoms with E-state index in [1.54, 1.807) is 14.2 Å². The molecule has 0 amide bonds. The minimum absolute atomic E-state index is 0.218. The number of carbonyl (C=O) groups is 3. The highest BCUT2D eigenvalue weighted by atomic mass is 16.5. The van der Waals surface area contributed by atoms with E-state index < -0.39 is 11.9 Å². The second-order valence-corrected chi connectivity index (χ2v) is 7.13. The number of aliphatic carboxylic acids is 2. The summed E-state index contributed by atoms with van der Waals surface area (Å²) in [6.45, 7) is 4.06. The second kappa shape index (κ2) is 9.56. The van der Waals surface area contributed by atoms with Crippen molar-refractivity contribution in [3.05, 3.63) is 34.9 Å². The minimum Gasteiger partial charge on any atom is -0.496 e. The average Bonchev–Trinajstić information content (AvgIpc) is 3.05. The van der Waals surface area contributed by atoms with Crippen molar-refractivity contribution >= 4 is 17.7 Å². The van der Waals surface area contributed by atoms with Crippen LogP contribution in [0.1, 0.15) is 40.7 Å². The van der Waals surface area contributed by atoms with Gasteiger partial charge in [0.15, 0.2) is 5.78 Å². The Balaban J connectivity index is 0.000000321. The molecular formula is C21H27NO7. The second-order valence-electron chi connectivity index (χ2n) is 7.13. The summed E-state index contributed by atoms with van der Waals surface area (Å²) in [4.78, 5) is 34.1. The lowest BCUT2D eigenvalue weighted by Gasteiger charge is -2.29. The molecular weight excluding hydrogens is 378 g/mol. The third-order valence-electron chi connectivity index (χ3n) is 5.27. The molecule has 1 aromatic carbocycles. The van der Waals surface area contributed by atoms with E-state index >= 15 is 0 Å². The van der Waals surface area contributed by atoms with Crippen molar-refractivity contribution in [2.75, 3.05) is 34.4 Å². The molecule has 0 radical (unpaired) electrons. The van der Waals surface area contributed by atoms with Gasteiger partial charge < -0.3 is 24.6 Å². The SMILES string of the molecule is CCc1c(OC)cc2c(c1OC)C(=O)C[C@@H]1CN(C)C[C@H]21.O=C(O)/C=C/C(=O)O. The number of likely N-dealkylation sites (N-methyl/N-ethyl adjacent to an activating group) is 1. The number of nitrogens with zero attached hydrogens (tertiary/aromatic N) is 1. The molecule has 3 rings (SSSR count). The highest BCUT2D eigenvalue weighted by Gasteiger charge is 2.41. The highest BCUT2D eigenvalue weighted by Crippen LogP contribution is 2.47. The maximum atomic E-state index is 12.6. The fourth-order valence-electron chi connectivity index (χ4n) is 4.15. The monoisotopic (exact) mass is 405 g/mol. The van der Waals surface area contributed by atoms with Crippen LogP contribution in [0.3, 0.4) is 0 Å². The van der Waals surface area contributed by atoms with Crippen LogP contribution in [0.4, 0.5) is 0 Å². The van der Waals surface area contributed by atoms with Gasteiger partial charge in [-0.15, -0.1) is 0 Å². The highest BCUT2D eigenvalue weighted by molar-refractivity contribution is 6.02. The Labute approximate surface area is 169 Å². The molecule has 29 heavy (non-hydrogen) atoms. The van der Waals surface area contributed by atoms with Gasteiger partial charge in [-0.05, 0) is 31.0 Å². The van der Waals surface area contributed by atoms with Crippen LogP contribution >= 0.6 is 0 Å². The molecule has 0 aromatic heterocycles. The van der Waals surface area contributed by atoms with E-state index in [1.165, 1.54) is 0 Å². The molecule has 0 saturated carbocycles. The first kappa shape index (κ1) is 22.4. The first-order valence-electron chi connectivity index (χ1n) is 9.36. The molecule has 1 aliphatic heterocycles. The molecule has 2 atom stereocenters. The van der Waals surface area contributed by atoms with E-state index in [4.69, 9.17) is 19.7 Å². The van der Waals surface area contributed by atoms with Crippen molar-refractivity contribution in [1.29, 1.82) is 0 Å². The van der Waals surface area contributed by atoms with Gasteiger partial charge >= 0.3 is 11.9 Å². The summed E-state index contributed by atoms with van der Waals surface area (Å²) >= 11 is 0. The van der Waals surface area contributed by atoms with Crippen molar-refractivity contribution in [2.45, 2.75) is 25.7 Å². The Morgan fingerprint density at radius 3 is 2.28 bits per heavy atom. The molecule has 2 N–H and O–H groups in total. The summed E-state index contributed by atoms with van der Waals surface area (Å²) in [6.07, 6.45) is 2.54. The van der Waals surface area contributed by atoms with Crippen LogP contribution in [0.15, 0.2) is 18.2 Å². The molecule has 0 unspecified atom stereocenters. The number of benzene rings is 1. The Bertz CT molecular complexity index is 815. The average molecular weight is 405 g/mol. The number of rotatable bonds is 5. The Kier molecular flexibility index (Phi) is 7.39. The predicted molar refractivity (Wildman–Crippen MR) is 106 cm³/mol. The third kappa shape index (κ3) is 4.95. The normalized spacial score (nSPS) is 20.5. The Hall–Kier alpha value is -2.87. The van der Waals surface area contributed by atoms with Gasteiger partial charge in [0, 0.05) is 43.1 Å². The minimum atomic E-state index is -1.26. The van der Waals surface area contributed by atoms with Gasteiger partial charge in [0.05, 0.1) is 19.8 Å². The summed E-state index contributed by atoms with van der Waals surface area (Å²) in [7, 11) is 5.45. The van der Waals surface area contributed by atoms with Crippen LogP contribution in [0, 0.1) is 5.92 Å². The number of hydrogen-bond acceptors (Lipinski definition) is 6. The molecule has 8 heteroatoms. The smallest absolute Gasteiger partial charge is 0.328 e. The van der Waals surface area contributed by atoms with Gasteiger partial charge in [-0.1, -0.05) is 6.92 Å². The lowest BCUT2D eigenvalue weighted by Crippen LogP contribution is -2.25. The molecule has 0 spiro atoms. The predicted octanol–water partition coefficient (Wildman–Crippen LogP) is 2.21. The van der Waals surface area contributed by atoms with Crippen molar-refractivity contribution in [2.24, 2.45) is 5.92 Å². The standard InChI is InChI=1S/C17H23NO3.C4H4O4/c1-5-11-15(20-3)7-12-13-9-18(2)8-10(13)6-14(19)16(12)17(11)21-4;5-3(6)1-2-4(7)8/h7,10,13H,5-6,8-9H2,1-4H3;1-2H,(H,5,6)(H,7,8)/b;2-1+/t10-,13+;/m1./s1. The summed E-state index contributed by atoms with van der Waals surface area (Å²) in [6, 6.07) is 2.07. The van der Waals surface area contributed by atoms with Crippen molar-refractivity contribution in [3.63, 3.8) is 0 Å². The van der Waals surface area contributed by atoms with Crippen molar-refractivity contribution in [1.82, 2.24) is 4.90 Å². The number of ether oxygens (including phenoxy) is 2. The van der Waals surface area contributed by atoms with Crippen LogP contribution in [0.5, 0.6) is 11.5 Å². The van der Waals surface area contributed by atoms with Gasteiger partial charge in [-0.25, -0.2) is 9.59 Å². The van der Waals surface area contributed by atoms with E-state index in [0.717, 1.165) is 47.7 Å². The van der Waals surface area contributed by atoms with Crippen LogP contribution in [0.25, 0.3) is 0 Å². The quantitative estimate of drug-likeness (QED) is 0.717. The molecule has 0 bridgehead atoms. The fraction of sp³-hybridized carbons (Fsp3) is 0.476. The number of hydrogen-bond donors (Lipinski definition) is 2. The number of carboxylic acid groups (broad SMARTS) is 2. The van der Waals surface area contributed by atoms with Gasteiger partial charge in [0.1, 0.15) is 11.5 Å². The van der Waals surface area contributed by atoms with E-state index in [9.17, 15) is 14.4 Å². The zero-order chi connectivity index (χ0) is 21.7. The van der Waals surface area contributed by atoms with Crippen LogP contribution in [0.2, 0.25) is 0 Å². The Morgan fingerprint density at radius 1 is 1.17 bits per heavy atom. The largest absolute Gasteiger partial charge is 0.496 e. The molecule has 1 fully saturated rings. The molecule has 2 aliphatic rings. The van der Waals surface area contributed by atoms with Crippen LogP contribution in [-0.2, 0) is 16.0 Å². The third-order valence-corrected chi connectivity index (χ3v) is 5.27. The number of carboxylic acids is 2. The first-order chi connectivity index (χ1) is 13.7. The summed E-state index contributed by atoms with van der Waals surface area (Å²) < 4.78 is 11.2. The molecule has 1 saturated heterocycles. The number of carbonyl (C=O) groups excluding carboxylic acids is 1. The summed E-state index contributed by atoms with van der Waals surface area (Å²) in [5.41, 5.74) is 2.91. The van der Waals surface area contributed by atoms with Gasteiger partial charge in [0.25, 0.3) is 0 Å². The fourth-order valence-corrected chi connectivity index (χ4v) is 4.15.